The van der Waals surface area contributed by atoms with Gasteiger partial charge in [-0.3, -0.25) is 4.79 Å². The van der Waals surface area contributed by atoms with Crippen LogP contribution in [0.5, 0.6) is 5.75 Å². The highest BCUT2D eigenvalue weighted by atomic mass is 79.9. The van der Waals surface area contributed by atoms with Gasteiger partial charge >= 0.3 is 0 Å². The first kappa shape index (κ1) is 18.1. The van der Waals surface area contributed by atoms with E-state index < -0.39 is 0 Å². The number of hydrogen-bond donors (Lipinski definition) is 0. The van der Waals surface area contributed by atoms with Gasteiger partial charge in [-0.1, -0.05) is 17.8 Å². The highest BCUT2D eigenvalue weighted by molar-refractivity contribution is 9.10. The lowest BCUT2D eigenvalue weighted by Gasteiger charge is -2.06. The lowest BCUT2D eigenvalue weighted by atomic mass is 10.1. The van der Waals surface area contributed by atoms with Crippen molar-refractivity contribution in [1.29, 1.82) is 0 Å². The second-order valence-electron chi connectivity index (χ2n) is 5.08. The Bertz CT molecular complexity index is 852. The largest absolute Gasteiger partial charge is 0.496 e. The van der Waals surface area contributed by atoms with Crippen molar-refractivity contribution >= 4 is 44.8 Å². The zero-order valence-corrected chi connectivity index (χ0v) is 16.6. The van der Waals surface area contributed by atoms with Crippen LogP contribution in [0.25, 0.3) is 0 Å². The number of carbonyl (C=O) groups is 1. The number of hydrogen-bond acceptors (Lipinski definition) is 7. The van der Waals surface area contributed by atoms with Crippen LogP contribution in [-0.4, -0.2) is 38.9 Å². The van der Waals surface area contributed by atoms with Crippen LogP contribution < -0.4 is 4.74 Å². The van der Waals surface area contributed by atoms with Crippen LogP contribution in [0.4, 0.5) is 0 Å². The molecule has 0 atom stereocenters. The topological polar surface area (TPSA) is 69.9 Å². The van der Waals surface area contributed by atoms with Crippen LogP contribution >= 0.6 is 39.0 Å². The maximum atomic E-state index is 12.4. The van der Waals surface area contributed by atoms with Gasteiger partial charge in [0.25, 0.3) is 0 Å². The molecule has 0 fully saturated rings. The maximum absolute atomic E-state index is 12.4. The van der Waals surface area contributed by atoms with Gasteiger partial charge in [0.15, 0.2) is 5.78 Å². The summed E-state index contributed by atoms with van der Waals surface area (Å²) in [5.74, 6) is 0.987. The molecule has 0 bridgehead atoms. The number of ether oxygens (including phenoxy) is 1. The molecule has 0 aliphatic heterocycles. The van der Waals surface area contributed by atoms with Gasteiger partial charge in [-0.2, -0.15) is 0 Å². The number of tetrazole rings is 1. The third kappa shape index (κ3) is 4.68. The highest BCUT2D eigenvalue weighted by Gasteiger charge is 2.13. The van der Waals surface area contributed by atoms with Gasteiger partial charge in [0.05, 0.1) is 23.9 Å². The number of benzene rings is 1. The average molecular weight is 439 g/mol. The first-order valence-corrected chi connectivity index (χ1v) is 10.1. The number of halogens is 1. The summed E-state index contributed by atoms with van der Waals surface area (Å²) in [5, 5.41) is 14.4. The van der Waals surface area contributed by atoms with Crippen molar-refractivity contribution in [2.75, 3.05) is 12.9 Å². The highest BCUT2D eigenvalue weighted by Crippen LogP contribution is 2.26. The molecule has 6 nitrogen and oxygen atoms in total. The Kier molecular flexibility index (Phi) is 6.22. The van der Waals surface area contributed by atoms with Crippen LogP contribution in [0.1, 0.15) is 15.2 Å². The maximum Gasteiger partial charge on any atom is 0.209 e. The lowest BCUT2D eigenvalue weighted by molar-refractivity contribution is 0.102. The molecule has 0 aliphatic rings. The summed E-state index contributed by atoms with van der Waals surface area (Å²) in [5.41, 5.74) is 0.623. The van der Waals surface area contributed by atoms with Crippen molar-refractivity contribution in [2.24, 2.45) is 0 Å². The summed E-state index contributed by atoms with van der Waals surface area (Å²) in [4.78, 5) is 13.7. The van der Waals surface area contributed by atoms with Gasteiger partial charge in [0.2, 0.25) is 5.16 Å². The number of methoxy groups -OCH3 is 1. The standard InChI is InChI=1S/C16H15BrN4O2S2/c1-23-15-5-4-11(9-13(15)17)14(22)10-25-16-18-19-20-21(16)7-6-12-3-2-8-24-12/h2-5,8-9H,6-7,10H2,1H3. The number of thioether (sulfide) groups is 1. The number of aryl methyl sites for hydroxylation is 2. The zero-order valence-electron chi connectivity index (χ0n) is 13.4. The Morgan fingerprint density at radius 3 is 3.00 bits per heavy atom. The molecular weight excluding hydrogens is 424 g/mol. The van der Waals surface area contributed by atoms with Crippen LogP contribution in [0, 0.1) is 0 Å². The van der Waals surface area contributed by atoms with E-state index in [2.05, 4.69) is 42.9 Å². The van der Waals surface area contributed by atoms with Gasteiger partial charge in [-0.15, -0.1) is 16.4 Å². The molecular formula is C16H15BrN4O2S2. The minimum atomic E-state index is 0.0150. The molecule has 1 aromatic carbocycles. The van der Waals surface area contributed by atoms with Crippen molar-refractivity contribution in [3.8, 4) is 5.75 Å². The third-order valence-electron chi connectivity index (χ3n) is 3.46. The minimum absolute atomic E-state index is 0.0150. The van der Waals surface area contributed by atoms with E-state index in [1.54, 1.807) is 41.3 Å². The van der Waals surface area contributed by atoms with E-state index in [0.29, 0.717) is 23.0 Å². The second-order valence-corrected chi connectivity index (χ2v) is 7.90. The molecule has 0 unspecified atom stereocenters. The van der Waals surface area contributed by atoms with Gasteiger partial charge in [-0.25, -0.2) is 4.68 Å². The van der Waals surface area contributed by atoms with Crippen molar-refractivity contribution in [1.82, 2.24) is 20.2 Å². The molecule has 9 heteroatoms. The van der Waals surface area contributed by atoms with Crippen molar-refractivity contribution in [3.63, 3.8) is 0 Å². The zero-order chi connectivity index (χ0) is 17.6. The van der Waals surface area contributed by atoms with Gasteiger partial charge in [0, 0.05) is 16.9 Å². The fourth-order valence-electron chi connectivity index (χ4n) is 2.16. The Balaban J connectivity index is 1.59. The summed E-state index contributed by atoms with van der Waals surface area (Å²) in [6, 6.07) is 9.41. The van der Waals surface area contributed by atoms with E-state index in [-0.39, 0.29) is 11.5 Å². The Hall–Kier alpha value is -1.71. The Morgan fingerprint density at radius 1 is 1.40 bits per heavy atom. The summed E-state index contributed by atoms with van der Waals surface area (Å²) < 4.78 is 7.67. The molecule has 0 aliphatic carbocycles. The molecule has 2 aromatic heterocycles. The van der Waals surface area contributed by atoms with Gasteiger partial charge in [0.1, 0.15) is 5.75 Å². The third-order valence-corrected chi connectivity index (χ3v) is 5.97. The molecule has 130 valence electrons. The number of Topliss-reactive ketones (excluding diaryl/α,β-unsaturated/α-hetero) is 1. The minimum Gasteiger partial charge on any atom is -0.496 e. The molecule has 3 rings (SSSR count). The molecule has 25 heavy (non-hydrogen) atoms. The number of aromatic nitrogens is 4. The Labute approximate surface area is 161 Å². The predicted octanol–water partition coefficient (Wildman–Crippen LogP) is 3.72. The number of rotatable bonds is 8. The molecule has 0 radical (unpaired) electrons. The monoisotopic (exact) mass is 438 g/mol. The van der Waals surface area contributed by atoms with Crippen LogP contribution in [-0.2, 0) is 13.0 Å². The molecule has 0 amide bonds. The van der Waals surface area contributed by atoms with E-state index in [1.807, 2.05) is 6.07 Å². The number of nitrogens with zero attached hydrogens (tertiary/aromatic N) is 4. The van der Waals surface area contributed by atoms with Gasteiger partial charge in [-0.05, 0) is 56.0 Å². The van der Waals surface area contributed by atoms with Crippen LogP contribution in [0.15, 0.2) is 45.3 Å². The first-order valence-electron chi connectivity index (χ1n) is 7.45. The number of thiophene rings is 1. The summed E-state index contributed by atoms with van der Waals surface area (Å²) >= 11 is 6.45. The fourth-order valence-corrected chi connectivity index (χ4v) is 4.20. The Morgan fingerprint density at radius 2 is 2.28 bits per heavy atom. The van der Waals surface area contributed by atoms with Gasteiger partial charge < -0.3 is 4.74 Å². The summed E-state index contributed by atoms with van der Waals surface area (Å²) in [6.07, 6.45) is 0.871. The number of ketones is 1. The van der Waals surface area contributed by atoms with E-state index in [9.17, 15) is 4.79 Å². The second kappa shape index (κ2) is 8.59. The average Bonchev–Trinajstić information content (AvgIpc) is 3.29. The molecule has 0 spiro atoms. The van der Waals surface area contributed by atoms with Crippen molar-refractivity contribution < 1.29 is 9.53 Å². The lowest BCUT2D eigenvalue weighted by Crippen LogP contribution is -2.07. The quantitative estimate of drug-likeness (QED) is 0.394. The van der Waals surface area contributed by atoms with Crippen LogP contribution in [0.2, 0.25) is 0 Å². The van der Waals surface area contributed by atoms with E-state index in [4.69, 9.17) is 4.74 Å². The molecule has 0 saturated heterocycles. The van der Waals surface area contributed by atoms with E-state index >= 15 is 0 Å². The van der Waals surface area contributed by atoms with Crippen molar-refractivity contribution in [3.05, 3.63) is 50.6 Å². The summed E-state index contributed by atoms with van der Waals surface area (Å²) in [7, 11) is 1.59. The van der Waals surface area contributed by atoms with Crippen LogP contribution in [0.3, 0.4) is 0 Å². The SMILES string of the molecule is COc1ccc(C(=O)CSc2nnnn2CCc2cccs2)cc1Br. The molecule has 0 saturated carbocycles. The molecule has 0 N–H and O–H groups in total. The van der Waals surface area contributed by atoms with E-state index in [1.165, 1.54) is 16.6 Å². The molecule has 2 heterocycles. The van der Waals surface area contributed by atoms with E-state index in [0.717, 1.165) is 10.9 Å². The summed E-state index contributed by atoms with van der Waals surface area (Å²) in [6.45, 7) is 0.693. The predicted molar refractivity (Wildman–Crippen MR) is 102 cm³/mol. The van der Waals surface area contributed by atoms with Crippen molar-refractivity contribution in [2.45, 2.75) is 18.1 Å². The first-order chi connectivity index (χ1) is 12.2. The normalized spacial score (nSPS) is 10.8. The number of carbonyl (C=O) groups excluding carboxylic acids is 1. The fraction of sp³-hybridized carbons (Fsp3) is 0.250. The molecule has 3 aromatic rings. The smallest absolute Gasteiger partial charge is 0.209 e.